The number of nitro groups is 1. The molecule has 8 nitrogen and oxygen atoms in total. The summed E-state index contributed by atoms with van der Waals surface area (Å²) in [6, 6.07) is 4.36. The number of nitrogens with zero attached hydrogens (tertiary/aromatic N) is 4. The number of carbonyl (C=O) groups excluding carboxylic acids is 1. The highest BCUT2D eigenvalue weighted by atomic mass is 32.2. The number of hydrogen-bond donors (Lipinski definition) is 1. The monoisotopic (exact) mass is 305 g/mol. The Labute approximate surface area is 123 Å². The van der Waals surface area contributed by atoms with Crippen molar-refractivity contribution in [3.05, 3.63) is 46.3 Å². The van der Waals surface area contributed by atoms with Crippen LogP contribution in [0.25, 0.3) is 6.08 Å². The molecule has 1 heterocycles. The van der Waals surface area contributed by atoms with Gasteiger partial charge in [0.1, 0.15) is 6.33 Å². The highest BCUT2D eigenvalue weighted by Crippen LogP contribution is 2.31. The first-order valence-electron chi connectivity index (χ1n) is 5.75. The fourth-order valence-electron chi connectivity index (χ4n) is 1.51. The Morgan fingerprint density at radius 3 is 2.86 bits per heavy atom. The predicted molar refractivity (Wildman–Crippen MR) is 76.5 cm³/mol. The third kappa shape index (κ3) is 3.66. The van der Waals surface area contributed by atoms with Crippen molar-refractivity contribution >= 4 is 29.4 Å². The summed E-state index contributed by atoms with van der Waals surface area (Å²) >= 11 is 1.28. The molecule has 108 valence electrons. The van der Waals surface area contributed by atoms with E-state index in [4.69, 9.17) is 5.73 Å². The maximum Gasteiger partial charge on any atom is 0.270 e. The van der Waals surface area contributed by atoms with Crippen LogP contribution in [0.4, 0.5) is 5.69 Å². The Bertz CT molecular complexity index is 725. The van der Waals surface area contributed by atoms with Gasteiger partial charge in [0.15, 0.2) is 5.16 Å². The molecule has 1 amide bonds. The van der Waals surface area contributed by atoms with E-state index in [9.17, 15) is 14.9 Å². The van der Waals surface area contributed by atoms with Crippen molar-refractivity contribution in [2.45, 2.75) is 10.1 Å². The van der Waals surface area contributed by atoms with Gasteiger partial charge in [0, 0.05) is 30.2 Å². The van der Waals surface area contributed by atoms with Crippen LogP contribution in [-0.4, -0.2) is 25.6 Å². The van der Waals surface area contributed by atoms with Gasteiger partial charge in [-0.3, -0.25) is 14.9 Å². The van der Waals surface area contributed by atoms with Gasteiger partial charge < -0.3 is 10.3 Å². The quantitative estimate of drug-likeness (QED) is 0.506. The van der Waals surface area contributed by atoms with Crippen LogP contribution in [-0.2, 0) is 11.8 Å². The molecule has 0 aliphatic rings. The molecule has 0 atom stereocenters. The highest BCUT2D eigenvalue weighted by Gasteiger charge is 2.12. The molecule has 2 rings (SSSR count). The Kier molecular flexibility index (Phi) is 4.33. The topological polar surface area (TPSA) is 117 Å². The number of carbonyl (C=O) groups is 1. The van der Waals surface area contributed by atoms with Gasteiger partial charge >= 0.3 is 0 Å². The zero-order valence-electron chi connectivity index (χ0n) is 11.0. The molecule has 0 aliphatic carbocycles. The molecule has 0 saturated heterocycles. The number of amides is 1. The second-order valence-electron chi connectivity index (χ2n) is 4.04. The van der Waals surface area contributed by atoms with E-state index in [2.05, 4.69) is 10.2 Å². The number of rotatable bonds is 5. The van der Waals surface area contributed by atoms with Crippen LogP contribution in [0.15, 0.2) is 40.7 Å². The lowest BCUT2D eigenvalue weighted by molar-refractivity contribution is -0.384. The third-order valence-electron chi connectivity index (χ3n) is 2.50. The van der Waals surface area contributed by atoms with Gasteiger partial charge in [0.05, 0.1) is 4.92 Å². The number of nitrogens with two attached hydrogens (primary N) is 1. The smallest absolute Gasteiger partial charge is 0.270 e. The molecule has 1 aromatic carbocycles. The minimum Gasteiger partial charge on any atom is -0.366 e. The molecule has 0 radical (unpaired) electrons. The molecule has 9 heteroatoms. The van der Waals surface area contributed by atoms with Gasteiger partial charge in [0.2, 0.25) is 5.91 Å². The van der Waals surface area contributed by atoms with Crippen molar-refractivity contribution < 1.29 is 9.72 Å². The summed E-state index contributed by atoms with van der Waals surface area (Å²) in [7, 11) is 1.78. The fourth-order valence-corrected chi connectivity index (χ4v) is 2.36. The van der Waals surface area contributed by atoms with E-state index in [1.807, 2.05) is 0 Å². The van der Waals surface area contributed by atoms with Crippen LogP contribution in [0.5, 0.6) is 0 Å². The van der Waals surface area contributed by atoms with Gasteiger partial charge in [-0.25, -0.2) is 0 Å². The van der Waals surface area contributed by atoms with Crippen LogP contribution in [0.3, 0.4) is 0 Å². The summed E-state index contributed by atoms with van der Waals surface area (Å²) in [6.45, 7) is 0. The summed E-state index contributed by atoms with van der Waals surface area (Å²) in [5.74, 6) is -0.629. The third-order valence-corrected chi connectivity index (χ3v) is 3.65. The maximum absolute atomic E-state index is 10.8. The van der Waals surface area contributed by atoms with Gasteiger partial charge in [-0.2, -0.15) is 0 Å². The molecule has 21 heavy (non-hydrogen) atoms. The SMILES string of the molecule is Cn1cnnc1Sc1ccc([N+](=O)[O-])cc1/C=C\C(N)=O. The van der Waals surface area contributed by atoms with Crippen LogP contribution >= 0.6 is 11.8 Å². The Morgan fingerprint density at radius 2 is 2.29 bits per heavy atom. The van der Waals surface area contributed by atoms with Crippen molar-refractivity contribution in [2.24, 2.45) is 12.8 Å². The van der Waals surface area contributed by atoms with E-state index in [1.165, 1.54) is 30.0 Å². The summed E-state index contributed by atoms with van der Waals surface area (Å²) in [5, 5.41) is 19.1. The molecule has 0 saturated carbocycles. The zero-order valence-corrected chi connectivity index (χ0v) is 11.8. The summed E-state index contributed by atoms with van der Waals surface area (Å²) in [4.78, 5) is 21.9. The molecule has 2 aromatic rings. The van der Waals surface area contributed by atoms with Gasteiger partial charge in [0.25, 0.3) is 5.69 Å². The number of primary amides is 1. The zero-order chi connectivity index (χ0) is 15.4. The van der Waals surface area contributed by atoms with E-state index >= 15 is 0 Å². The van der Waals surface area contributed by atoms with Gasteiger partial charge in [-0.1, -0.05) is 0 Å². The summed E-state index contributed by atoms with van der Waals surface area (Å²) in [6.07, 6.45) is 4.14. The molecule has 0 aliphatic heterocycles. The van der Waals surface area contributed by atoms with Crippen molar-refractivity contribution in [2.75, 3.05) is 0 Å². The van der Waals surface area contributed by atoms with Crippen LogP contribution in [0, 0.1) is 10.1 Å². The molecule has 2 N–H and O–H groups in total. The molecule has 0 fully saturated rings. The average molecular weight is 305 g/mol. The molecular formula is C12H11N5O3S. The minimum atomic E-state index is -0.629. The van der Waals surface area contributed by atoms with Gasteiger partial charge in [-0.05, 0) is 29.5 Å². The lowest BCUT2D eigenvalue weighted by Gasteiger charge is -2.05. The molecule has 1 aromatic heterocycles. The Hall–Kier alpha value is -2.68. The number of aromatic nitrogens is 3. The van der Waals surface area contributed by atoms with E-state index in [1.54, 1.807) is 24.0 Å². The average Bonchev–Trinajstić information content (AvgIpc) is 2.82. The normalized spacial score (nSPS) is 10.9. The predicted octanol–water partition coefficient (Wildman–Crippen LogP) is 1.37. The number of benzene rings is 1. The second kappa shape index (κ2) is 6.18. The molecule has 0 spiro atoms. The van der Waals surface area contributed by atoms with Crippen LogP contribution < -0.4 is 5.73 Å². The lowest BCUT2D eigenvalue weighted by atomic mass is 10.2. The summed E-state index contributed by atoms with van der Waals surface area (Å²) < 4.78 is 1.72. The van der Waals surface area contributed by atoms with Crippen LogP contribution in [0.1, 0.15) is 5.56 Å². The fraction of sp³-hybridized carbons (Fsp3) is 0.0833. The standard InChI is InChI=1S/C12H11N5O3S/c1-16-7-14-15-12(16)21-10-4-3-9(17(19)20)6-8(10)2-5-11(13)18/h2-7H,1H3,(H2,13,18)/b5-2-. The molecule has 0 bridgehead atoms. The highest BCUT2D eigenvalue weighted by molar-refractivity contribution is 7.99. The largest absolute Gasteiger partial charge is 0.366 e. The number of hydrogen-bond acceptors (Lipinski definition) is 6. The maximum atomic E-state index is 10.8. The van der Waals surface area contributed by atoms with E-state index in [0.29, 0.717) is 15.6 Å². The van der Waals surface area contributed by atoms with E-state index < -0.39 is 10.8 Å². The second-order valence-corrected chi connectivity index (χ2v) is 5.05. The lowest BCUT2D eigenvalue weighted by Crippen LogP contribution is -2.05. The number of nitro benzene ring substituents is 1. The Balaban J connectivity index is 2.41. The first-order chi connectivity index (χ1) is 9.97. The van der Waals surface area contributed by atoms with Crippen molar-refractivity contribution in [1.82, 2.24) is 14.8 Å². The first-order valence-corrected chi connectivity index (χ1v) is 6.57. The van der Waals surface area contributed by atoms with Crippen LogP contribution in [0.2, 0.25) is 0 Å². The van der Waals surface area contributed by atoms with Crippen molar-refractivity contribution in [3.63, 3.8) is 0 Å². The number of aryl methyl sites for hydroxylation is 1. The molecular weight excluding hydrogens is 294 g/mol. The van der Waals surface area contributed by atoms with Crippen molar-refractivity contribution in [3.8, 4) is 0 Å². The first kappa shape index (κ1) is 14.7. The van der Waals surface area contributed by atoms with Gasteiger partial charge in [-0.15, -0.1) is 10.2 Å². The Morgan fingerprint density at radius 1 is 1.52 bits per heavy atom. The minimum absolute atomic E-state index is 0.0681. The van der Waals surface area contributed by atoms with E-state index in [-0.39, 0.29) is 5.69 Å². The van der Waals surface area contributed by atoms with E-state index in [0.717, 1.165) is 6.08 Å². The van der Waals surface area contributed by atoms with Crippen molar-refractivity contribution in [1.29, 1.82) is 0 Å². The summed E-state index contributed by atoms with van der Waals surface area (Å²) in [5.41, 5.74) is 5.50. The molecule has 0 unspecified atom stereocenters. The number of non-ortho nitro benzene ring substituents is 1.